The van der Waals surface area contributed by atoms with E-state index >= 15 is 0 Å². The van der Waals surface area contributed by atoms with Crippen molar-refractivity contribution < 1.29 is 13.2 Å². The molecule has 1 amide bonds. The minimum Gasteiger partial charge on any atom is -0.322 e. The fourth-order valence-corrected chi connectivity index (χ4v) is 3.93. The lowest BCUT2D eigenvalue weighted by molar-refractivity contribution is -0.131. The lowest BCUT2D eigenvalue weighted by Crippen LogP contribution is -2.45. The molecule has 1 saturated heterocycles. The fraction of sp³-hybridized carbons (Fsp3) is 0.533. The maximum Gasteiger partial charge on any atom is 0.245 e. The Bertz CT molecular complexity index is 601. The highest BCUT2D eigenvalue weighted by Gasteiger charge is 2.41. The lowest BCUT2D eigenvalue weighted by atomic mass is 10.1. The quantitative estimate of drug-likeness (QED) is 0.891. The molecule has 0 bridgehead atoms. The van der Waals surface area contributed by atoms with Crippen molar-refractivity contribution in [1.29, 1.82) is 0 Å². The largest absolute Gasteiger partial charge is 0.322 e. The number of nitrogens with zero attached hydrogens (tertiary/aromatic N) is 1. The molecule has 3 unspecified atom stereocenters. The van der Waals surface area contributed by atoms with E-state index < -0.39 is 15.9 Å². The van der Waals surface area contributed by atoms with Gasteiger partial charge in [-0.15, -0.1) is 0 Å². The minimum absolute atomic E-state index is 0.0154. The second-order valence-corrected chi connectivity index (χ2v) is 7.81. The van der Waals surface area contributed by atoms with Gasteiger partial charge in [0.15, 0.2) is 0 Å². The predicted molar refractivity (Wildman–Crippen MR) is 82.4 cm³/mol. The van der Waals surface area contributed by atoms with E-state index in [9.17, 15) is 13.2 Å². The fourth-order valence-electron chi connectivity index (χ4n) is 2.89. The molecule has 0 aliphatic carbocycles. The highest BCUT2D eigenvalue weighted by Crippen LogP contribution is 2.27. The van der Waals surface area contributed by atoms with Gasteiger partial charge in [-0.1, -0.05) is 37.3 Å². The molecule has 0 saturated carbocycles. The molecule has 1 aliphatic rings. The predicted octanol–water partition coefficient (Wildman–Crippen LogP) is 1.33. The monoisotopic (exact) mass is 310 g/mol. The number of benzene rings is 1. The number of hydrogen-bond acceptors (Lipinski definition) is 4. The van der Waals surface area contributed by atoms with Crippen molar-refractivity contribution in [3.05, 3.63) is 35.9 Å². The molecule has 1 heterocycles. The Hall–Kier alpha value is -1.40. The zero-order valence-corrected chi connectivity index (χ0v) is 13.4. The van der Waals surface area contributed by atoms with Crippen LogP contribution >= 0.6 is 0 Å². The van der Waals surface area contributed by atoms with E-state index in [-0.39, 0.29) is 23.9 Å². The SMILES string of the molecule is CCC1NC(c2ccccc2)C(=O)N1C(C)CS(C)(=O)=O. The van der Waals surface area contributed by atoms with Gasteiger partial charge in [0.25, 0.3) is 0 Å². The van der Waals surface area contributed by atoms with Gasteiger partial charge < -0.3 is 4.90 Å². The molecule has 6 heteroatoms. The summed E-state index contributed by atoms with van der Waals surface area (Å²) in [7, 11) is -3.12. The maximum atomic E-state index is 12.7. The molecule has 1 aromatic rings. The van der Waals surface area contributed by atoms with E-state index in [1.54, 1.807) is 11.8 Å². The molecular formula is C15H22N2O3S. The molecule has 0 spiro atoms. The first-order valence-corrected chi connectivity index (χ1v) is 9.20. The van der Waals surface area contributed by atoms with Crippen LogP contribution in [0.3, 0.4) is 0 Å². The summed E-state index contributed by atoms with van der Waals surface area (Å²) in [5, 5.41) is 3.31. The van der Waals surface area contributed by atoms with Gasteiger partial charge in [-0.2, -0.15) is 0 Å². The number of nitrogens with one attached hydrogen (secondary N) is 1. The van der Waals surface area contributed by atoms with Crippen molar-refractivity contribution in [1.82, 2.24) is 10.2 Å². The summed E-state index contributed by atoms with van der Waals surface area (Å²) in [4.78, 5) is 14.4. The van der Waals surface area contributed by atoms with Crippen molar-refractivity contribution in [3.63, 3.8) is 0 Å². The van der Waals surface area contributed by atoms with Gasteiger partial charge in [0.1, 0.15) is 15.9 Å². The number of hydrogen-bond donors (Lipinski definition) is 1. The maximum absolute atomic E-state index is 12.7. The van der Waals surface area contributed by atoms with E-state index in [4.69, 9.17) is 0 Å². The van der Waals surface area contributed by atoms with Crippen LogP contribution in [0.15, 0.2) is 30.3 Å². The minimum atomic E-state index is -3.12. The van der Waals surface area contributed by atoms with Crippen LogP contribution in [0.5, 0.6) is 0 Å². The van der Waals surface area contributed by atoms with Crippen LogP contribution in [0.25, 0.3) is 0 Å². The Morgan fingerprint density at radius 2 is 1.90 bits per heavy atom. The molecule has 1 aliphatic heterocycles. The first kappa shape index (κ1) is 16.0. The van der Waals surface area contributed by atoms with Gasteiger partial charge in [-0.25, -0.2) is 8.42 Å². The second-order valence-electron chi connectivity index (χ2n) is 5.62. The van der Waals surface area contributed by atoms with Crippen LogP contribution < -0.4 is 5.32 Å². The smallest absolute Gasteiger partial charge is 0.245 e. The number of amides is 1. The molecule has 1 aromatic carbocycles. The zero-order chi connectivity index (χ0) is 15.6. The third-order valence-corrected chi connectivity index (χ3v) is 4.82. The van der Waals surface area contributed by atoms with E-state index in [0.717, 1.165) is 12.0 Å². The van der Waals surface area contributed by atoms with E-state index in [2.05, 4.69) is 5.32 Å². The van der Waals surface area contributed by atoms with Crippen LogP contribution in [-0.2, 0) is 14.6 Å². The summed E-state index contributed by atoms with van der Waals surface area (Å²) in [6.07, 6.45) is 1.82. The molecule has 5 nitrogen and oxygen atoms in total. The van der Waals surface area contributed by atoms with Crippen LogP contribution in [0.2, 0.25) is 0 Å². The first-order chi connectivity index (χ1) is 9.83. The Kier molecular flexibility index (Phi) is 4.68. The van der Waals surface area contributed by atoms with Crippen molar-refractivity contribution in [2.75, 3.05) is 12.0 Å². The second kappa shape index (κ2) is 6.15. The third-order valence-electron chi connectivity index (χ3n) is 3.73. The summed E-state index contributed by atoms with van der Waals surface area (Å²) < 4.78 is 23.0. The summed E-state index contributed by atoms with van der Waals surface area (Å²) in [5.41, 5.74) is 0.912. The van der Waals surface area contributed by atoms with E-state index in [1.165, 1.54) is 6.26 Å². The topological polar surface area (TPSA) is 66.5 Å². The Labute approximate surface area is 126 Å². The summed E-state index contributed by atoms with van der Waals surface area (Å²) >= 11 is 0. The van der Waals surface area contributed by atoms with Gasteiger partial charge in [0.2, 0.25) is 5.91 Å². The van der Waals surface area contributed by atoms with E-state index in [0.29, 0.717) is 0 Å². The van der Waals surface area contributed by atoms with Crippen molar-refractivity contribution in [2.45, 2.75) is 38.5 Å². The molecular weight excluding hydrogens is 288 g/mol. The van der Waals surface area contributed by atoms with Crippen LogP contribution in [0.1, 0.15) is 31.9 Å². The van der Waals surface area contributed by atoms with Gasteiger partial charge in [-0.3, -0.25) is 10.1 Å². The number of carbonyl (C=O) groups is 1. The first-order valence-electron chi connectivity index (χ1n) is 7.14. The normalized spacial score (nSPS) is 24.3. The van der Waals surface area contributed by atoms with Crippen molar-refractivity contribution in [3.8, 4) is 0 Å². The summed E-state index contributed by atoms with van der Waals surface area (Å²) in [5.74, 6) is -0.0671. The number of sulfone groups is 1. The van der Waals surface area contributed by atoms with Gasteiger partial charge >= 0.3 is 0 Å². The van der Waals surface area contributed by atoms with E-state index in [1.807, 2.05) is 37.3 Å². The molecule has 0 aromatic heterocycles. The van der Waals surface area contributed by atoms with Crippen LogP contribution in [0, 0.1) is 0 Å². The van der Waals surface area contributed by atoms with Gasteiger partial charge in [0, 0.05) is 12.3 Å². The molecule has 0 radical (unpaired) electrons. The zero-order valence-electron chi connectivity index (χ0n) is 12.6. The summed E-state index contributed by atoms with van der Waals surface area (Å²) in [6, 6.07) is 8.79. The molecule has 3 atom stereocenters. The molecule has 1 N–H and O–H groups in total. The van der Waals surface area contributed by atoms with Crippen molar-refractivity contribution >= 4 is 15.7 Å². The number of rotatable bonds is 5. The van der Waals surface area contributed by atoms with Gasteiger partial charge in [0.05, 0.1) is 11.9 Å². The average molecular weight is 310 g/mol. The highest BCUT2D eigenvalue weighted by molar-refractivity contribution is 7.90. The van der Waals surface area contributed by atoms with Crippen LogP contribution in [0.4, 0.5) is 0 Å². The third kappa shape index (κ3) is 3.63. The van der Waals surface area contributed by atoms with Crippen LogP contribution in [-0.4, -0.2) is 43.4 Å². The Morgan fingerprint density at radius 1 is 1.29 bits per heavy atom. The molecule has 116 valence electrons. The molecule has 2 rings (SSSR count). The Balaban J connectivity index is 2.24. The standard InChI is InChI=1S/C15H22N2O3S/c1-4-13-16-14(12-8-6-5-7-9-12)15(18)17(13)11(2)10-21(3,19)20/h5-9,11,13-14,16H,4,10H2,1-3H3. The highest BCUT2D eigenvalue weighted by atomic mass is 32.2. The van der Waals surface area contributed by atoms with Crippen molar-refractivity contribution in [2.24, 2.45) is 0 Å². The molecule has 21 heavy (non-hydrogen) atoms. The molecule has 1 fully saturated rings. The van der Waals surface area contributed by atoms with Gasteiger partial charge in [-0.05, 0) is 18.9 Å². The number of carbonyl (C=O) groups excluding carboxylic acids is 1. The Morgan fingerprint density at radius 3 is 2.43 bits per heavy atom. The summed E-state index contributed by atoms with van der Waals surface area (Å²) in [6.45, 7) is 3.77. The lowest BCUT2D eigenvalue weighted by Gasteiger charge is -2.29. The average Bonchev–Trinajstić information content (AvgIpc) is 2.75.